The number of halogens is 3. The van der Waals surface area contributed by atoms with Gasteiger partial charge in [-0.25, -0.2) is 10.2 Å². The maximum absolute atomic E-state index is 12.8. The molecule has 0 aromatic heterocycles. The summed E-state index contributed by atoms with van der Waals surface area (Å²) in [5.41, 5.74) is 0.946. The zero-order valence-electron chi connectivity index (χ0n) is 19.7. The van der Waals surface area contributed by atoms with Crippen molar-refractivity contribution in [2.75, 3.05) is 6.54 Å². The van der Waals surface area contributed by atoms with Gasteiger partial charge in [0.05, 0.1) is 11.5 Å². The fraction of sp³-hybridized carbons (Fsp3) is 0.522. The monoisotopic (exact) mass is 569 g/mol. The molecule has 1 aliphatic carbocycles. The summed E-state index contributed by atoms with van der Waals surface area (Å²) < 4.78 is 36.3. The molecule has 3 amide bonds. The van der Waals surface area contributed by atoms with Gasteiger partial charge in [0.1, 0.15) is 11.5 Å². The highest BCUT2D eigenvalue weighted by atomic mass is 79.9. The van der Waals surface area contributed by atoms with E-state index in [1.165, 1.54) is 18.2 Å². The first kappa shape index (κ1) is 27.3. The minimum Gasteiger partial charge on any atom is -0.435 e. The average Bonchev–Trinajstić information content (AvgIpc) is 2.82. The lowest BCUT2D eigenvalue weighted by molar-refractivity contribution is -0.139. The van der Waals surface area contributed by atoms with E-state index >= 15 is 0 Å². The van der Waals surface area contributed by atoms with Crippen LogP contribution in [0, 0.1) is 16.7 Å². The van der Waals surface area contributed by atoms with Crippen LogP contribution in [0.15, 0.2) is 27.8 Å². The summed E-state index contributed by atoms with van der Waals surface area (Å²) in [4.78, 5) is 35.9. The smallest absolute Gasteiger partial charge is 0.428 e. The number of carbonyl (C=O) groups excluding carboxylic acids is 3. The molecule has 1 aliphatic heterocycles. The van der Waals surface area contributed by atoms with Gasteiger partial charge < -0.3 is 20.1 Å². The van der Waals surface area contributed by atoms with Crippen molar-refractivity contribution in [1.82, 2.24) is 16.1 Å². The van der Waals surface area contributed by atoms with Crippen LogP contribution in [0.25, 0.3) is 0 Å². The number of ether oxygens (including phenoxy) is 2. The lowest BCUT2D eigenvalue weighted by Gasteiger charge is -2.45. The summed E-state index contributed by atoms with van der Waals surface area (Å²) in [6.07, 6.45) is 0.600. The molecule has 0 radical (unpaired) electrons. The van der Waals surface area contributed by atoms with E-state index in [0.717, 1.165) is 0 Å². The van der Waals surface area contributed by atoms with Gasteiger partial charge in [-0.2, -0.15) is 19.1 Å². The standard InChI is InChI=1S/C23H26BrF2N5O5/c1-3-28-18(32)19(33)29-13(2)11-22(12-27)6-8-23(9-7-22)17(30-31-21(34)36-23)15-10-14(35-20(25)26)4-5-16(15)24/h4-5,10,13,20H,3,6-9,11H2,1-2H3,(H,28,32)(H,29,33)(H,31,34)/t13-,22?,23?/m0/s1. The molecule has 3 N–H and O–H groups in total. The number of hydrogen-bond acceptors (Lipinski definition) is 7. The van der Waals surface area contributed by atoms with Gasteiger partial charge in [-0.3, -0.25) is 9.59 Å². The van der Waals surface area contributed by atoms with Crippen LogP contribution in [-0.4, -0.2) is 48.4 Å². The molecule has 2 aliphatic rings. The summed E-state index contributed by atoms with van der Waals surface area (Å²) in [5.74, 6) is -1.61. The lowest BCUT2D eigenvalue weighted by Crippen LogP contribution is -2.54. The second-order valence-corrected chi connectivity index (χ2v) is 9.66. The molecule has 10 nitrogen and oxygen atoms in total. The van der Waals surface area contributed by atoms with Crippen molar-refractivity contribution in [3.05, 3.63) is 28.2 Å². The molecule has 1 fully saturated rings. The molecule has 1 aromatic carbocycles. The van der Waals surface area contributed by atoms with E-state index in [1.807, 2.05) is 0 Å². The average molecular weight is 570 g/mol. The Morgan fingerprint density at radius 3 is 2.61 bits per heavy atom. The Kier molecular flexibility index (Phi) is 8.50. The van der Waals surface area contributed by atoms with E-state index in [9.17, 15) is 28.4 Å². The number of nitrogens with zero attached hydrogens (tertiary/aromatic N) is 2. The highest BCUT2D eigenvalue weighted by Gasteiger charge is 2.51. The number of nitrogens with one attached hydrogen (secondary N) is 3. The molecular weight excluding hydrogens is 544 g/mol. The molecule has 0 bridgehead atoms. The Morgan fingerprint density at radius 1 is 1.31 bits per heavy atom. The van der Waals surface area contributed by atoms with Crippen LogP contribution in [-0.2, 0) is 14.3 Å². The van der Waals surface area contributed by atoms with Gasteiger partial charge in [0.2, 0.25) is 0 Å². The minimum absolute atomic E-state index is 0.0863. The number of benzene rings is 1. The van der Waals surface area contributed by atoms with Crippen LogP contribution in [0.3, 0.4) is 0 Å². The Labute approximate surface area is 214 Å². The zero-order valence-corrected chi connectivity index (χ0v) is 21.3. The first-order chi connectivity index (χ1) is 17.0. The van der Waals surface area contributed by atoms with Crippen LogP contribution in [0.4, 0.5) is 13.6 Å². The van der Waals surface area contributed by atoms with Gasteiger partial charge in [0, 0.05) is 22.6 Å². The van der Waals surface area contributed by atoms with Gasteiger partial charge in [-0.05, 0) is 64.2 Å². The SMILES string of the molecule is CCNC(=O)C(=O)N[C@@H](C)CC1(C#N)CCC2(CC1)OC(=O)NN=C2c1cc(OC(F)F)ccc1Br. The highest BCUT2D eigenvalue weighted by Crippen LogP contribution is 2.47. The number of amides is 3. The maximum Gasteiger partial charge on any atom is 0.428 e. The third-order valence-electron chi connectivity index (χ3n) is 6.27. The van der Waals surface area contributed by atoms with E-state index in [4.69, 9.17) is 4.74 Å². The number of carbonyl (C=O) groups is 3. The fourth-order valence-electron chi connectivity index (χ4n) is 4.62. The number of nitriles is 1. The summed E-state index contributed by atoms with van der Waals surface area (Å²) in [7, 11) is 0. The largest absolute Gasteiger partial charge is 0.435 e. The Hall–Kier alpha value is -3.27. The number of hydrogen-bond donors (Lipinski definition) is 3. The third kappa shape index (κ3) is 6.10. The molecule has 1 spiro atoms. The van der Waals surface area contributed by atoms with Crippen molar-refractivity contribution in [3.63, 3.8) is 0 Å². The van der Waals surface area contributed by atoms with E-state index in [1.54, 1.807) is 13.8 Å². The van der Waals surface area contributed by atoms with Crippen LogP contribution in [0.5, 0.6) is 5.75 Å². The first-order valence-corrected chi connectivity index (χ1v) is 12.1. The van der Waals surface area contributed by atoms with Crippen molar-refractivity contribution < 1.29 is 32.6 Å². The third-order valence-corrected chi connectivity index (χ3v) is 6.96. The Balaban J connectivity index is 1.80. The van der Waals surface area contributed by atoms with Gasteiger partial charge in [-0.15, -0.1) is 0 Å². The summed E-state index contributed by atoms with van der Waals surface area (Å²) in [6.45, 7) is 0.709. The van der Waals surface area contributed by atoms with Crippen molar-refractivity contribution in [1.29, 1.82) is 5.26 Å². The van der Waals surface area contributed by atoms with Crippen LogP contribution in [0.1, 0.15) is 51.5 Å². The molecule has 3 rings (SSSR count). The molecule has 13 heteroatoms. The summed E-state index contributed by atoms with van der Waals surface area (Å²) in [6, 6.07) is 6.16. The second kappa shape index (κ2) is 11.2. The molecule has 1 heterocycles. The van der Waals surface area contributed by atoms with Crippen LogP contribution >= 0.6 is 15.9 Å². The Bertz CT molecular complexity index is 1100. The number of hydrazone groups is 1. The van der Waals surface area contributed by atoms with E-state index in [-0.39, 0.29) is 25.0 Å². The molecule has 0 unspecified atom stereocenters. The van der Waals surface area contributed by atoms with Gasteiger partial charge >= 0.3 is 24.5 Å². The van der Waals surface area contributed by atoms with E-state index in [0.29, 0.717) is 35.1 Å². The lowest BCUT2D eigenvalue weighted by atomic mass is 9.65. The predicted molar refractivity (Wildman–Crippen MR) is 127 cm³/mol. The van der Waals surface area contributed by atoms with E-state index < -0.39 is 41.6 Å². The predicted octanol–water partition coefficient (Wildman–Crippen LogP) is 3.35. The van der Waals surface area contributed by atoms with Crippen LogP contribution < -0.4 is 20.8 Å². The minimum atomic E-state index is -3.02. The van der Waals surface area contributed by atoms with Gasteiger partial charge in [-0.1, -0.05) is 15.9 Å². The van der Waals surface area contributed by atoms with Gasteiger partial charge in [0.15, 0.2) is 5.60 Å². The normalized spacial score (nSPS) is 24.1. The van der Waals surface area contributed by atoms with Crippen molar-refractivity contribution in [3.8, 4) is 11.8 Å². The fourth-order valence-corrected chi connectivity index (χ4v) is 5.05. The quantitative estimate of drug-likeness (QED) is 0.430. The number of likely N-dealkylation sites (N-methyl/N-ethyl adjacent to an activating group) is 1. The molecule has 1 aromatic rings. The molecular formula is C23H26BrF2N5O5. The summed E-state index contributed by atoms with van der Waals surface area (Å²) >= 11 is 3.39. The molecule has 1 saturated carbocycles. The topological polar surface area (TPSA) is 142 Å². The van der Waals surface area contributed by atoms with Crippen LogP contribution in [0.2, 0.25) is 0 Å². The number of rotatable bonds is 7. The van der Waals surface area contributed by atoms with Crippen molar-refractivity contribution >= 4 is 39.5 Å². The number of alkyl halides is 2. The molecule has 1 atom stereocenters. The maximum atomic E-state index is 12.8. The van der Waals surface area contributed by atoms with Crippen molar-refractivity contribution in [2.45, 2.75) is 64.2 Å². The first-order valence-electron chi connectivity index (χ1n) is 11.3. The second-order valence-electron chi connectivity index (χ2n) is 8.81. The van der Waals surface area contributed by atoms with E-state index in [2.05, 4.69) is 47.9 Å². The Morgan fingerprint density at radius 2 is 2.00 bits per heavy atom. The van der Waals surface area contributed by atoms with Gasteiger partial charge in [0.25, 0.3) is 0 Å². The highest BCUT2D eigenvalue weighted by molar-refractivity contribution is 9.10. The molecule has 194 valence electrons. The molecule has 0 saturated heterocycles. The summed E-state index contributed by atoms with van der Waals surface area (Å²) in [5, 5.41) is 19.2. The zero-order chi connectivity index (χ0) is 26.5. The molecule has 36 heavy (non-hydrogen) atoms. The van der Waals surface area contributed by atoms with Crippen molar-refractivity contribution in [2.24, 2.45) is 10.5 Å².